The first-order chi connectivity index (χ1) is 13.4. The second-order valence-electron chi connectivity index (χ2n) is 5.79. The molecule has 0 unspecified atom stereocenters. The smallest absolute Gasteiger partial charge is 0.264 e. The Morgan fingerprint density at radius 1 is 1.11 bits per heavy atom. The molecule has 0 N–H and O–H groups in total. The molecule has 0 bridgehead atoms. The van der Waals surface area contributed by atoms with E-state index in [0.29, 0.717) is 35.5 Å². The first-order valence-corrected chi connectivity index (χ1v) is 10.2. The molecule has 28 heavy (non-hydrogen) atoms. The number of anilines is 1. The molecule has 9 heteroatoms. The molecule has 0 saturated heterocycles. The zero-order valence-corrected chi connectivity index (χ0v) is 17.0. The van der Waals surface area contributed by atoms with Crippen molar-refractivity contribution in [2.24, 2.45) is 0 Å². The predicted octanol–water partition coefficient (Wildman–Crippen LogP) is 3.51. The average molecular weight is 426 g/mol. The van der Waals surface area contributed by atoms with Crippen LogP contribution in [0.4, 0.5) is 5.69 Å². The second kappa shape index (κ2) is 8.20. The van der Waals surface area contributed by atoms with Crippen LogP contribution in [0.25, 0.3) is 0 Å². The van der Waals surface area contributed by atoms with E-state index >= 15 is 0 Å². The minimum absolute atomic E-state index is 0.0118. The van der Waals surface area contributed by atoms with Gasteiger partial charge in [-0.05, 0) is 12.1 Å². The number of nitrogens with zero attached hydrogens (tertiary/aromatic N) is 1. The summed E-state index contributed by atoms with van der Waals surface area (Å²) in [5, 5.41) is 0.304. The lowest BCUT2D eigenvalue weighted by Crippen LogP contribution is -2.31. The van der Waals surface area contributed by atoms with Crippen molar-refractivity contribution in [3.63, 3.8) is 0 Å². The van der Waals surface area contributed by atoms with Gasteiger partial charge in [0.25, 0.3) is 10.0 Å². The Balaban J connectivity index is 2.13. The highest BCUT2D eigenvalue weighted by atomic mass is 35.5. The fourth-order valence-corrected chi connectivity index (χ4v) is 4.48. The Bertz CT molecular complexity index is 992. The molecule has 1 heterocycles. The third-order valence-corrected chi connectivity index (χ3v) is 6.19. The summed E-state index contributed by atoms with van der Waals surface area (Å²) in [7, 11) is -1.09. The summed E-state index contributed by atoms with van der Waals surface area (Å²) in [5.74, 6) is 1.50. The standard InChI is InChI=1S/C19H20ClNO6S/c1-4-7-21(15-12-17(24-2)14(20)11-18(15)25-3)28(22,23)13-5-6-16-19(10-13)27-9-8-26-16/h4-6,10-12H,1,7-9H2,2-3H3. The quantitative estimate of drug-likeness (QED) is 0.632. The Morgan fingerprint density at radius 2 is 1.79 bits per heavy atom. The van der Waals surface area contributed by atoms with Crippen LogP contribution < -0.4 is 23.3 Å². The molecular formula is C19H20ClNO6S. The van der Waals surface area contributed by atoms with Gasteiger partial charge < -0.3 is 18.9 Å². The number of benzene rings is 2. The average Bonchev–Trinajstić information content (AvgIpc) is 2.71. The Hall–Kier alpha value is -2.58. The summed E-state index contributed by atoms with van der Waals surface area (Å²) in [6.45, 7) is 4.46. The van der Waals surface area contributed by atoms with E-state index in [1.165, 1.54) is 48.9 Å². The van der Waals surface area contributed by atoms with Gasteiger partial charge in [-0.15, -0.1) is 6.58 Å². The predicted molar refractivity (Wildman–Crippen MR) is 107 cm³/mol. The lowest BCUT2D eigenvalue weighted by Gasteiger charge is -2.26. The van der Waals surface area contributed by atoms with Crippen LogP contribution in [0.3, 0.4) is 0 Å². The van der Waals surface area contributed by atoms with Gasteiger partial charge in [-0.1, -0.05) is 17.7 Å². The lowest BCUT2D eigenvalue weighted by atomic mass is 10.2. The third-order valence-electron chi connectivity index (χ3n) is 4.12. The number of hydrogen-bond acceptors (Lipinski definition) is 6. The summed E-state index contributed by atoms with van der Waals surface area (Å²) in [6.07, 6.45) is 1.48. The maximum atomic E-state index is 13.4. The highest BCUT2D eigenvalue weighted by molar-refractivity contribution is 7.92. The molecule has 3 rings (SSSR count). The molecule has 0 atom stereocenters. The van der Waals surface area contributed by atoms with Crippen molar-refractivity contribution in [1.29, 1.82) is 0 Å². The van der Waals surface area contributed by atoms with Crippen LogP contribution in [0, 0.1) is 0 Å². The number of sulfonamides is 1. The van der Waals surface area contributed by atoms with E-state index in [9.17, 15) is 8.42 Å². The summed E-state index contributed by atoms with van der Waals surface area (Å²) < 4.78 is 49.6. The molecule has 2 aromatic rings. The van der Waals surface area contributed by atoms with Crippen molar-refractivity contribution in [1.82, 2.24) is 0 Å². The first-order valence-electron chi connectivity index (χ1n) is 8.37. The maximum absolute atomic E-state index is 13.4. The van der Waals surface area contributed by atoms with Crippen LogP contribution in [-0.2, 0) is 10.0 Å². The molecule has 1 aliphatic heterocycles. The van der Waals surface area contributed by atoms with E-state index in [-0.39, 0.29) is 22.9 Å². The molecule has 0 aromatic heterocycles. The fraction of sp³-hybridized carbons (Fsp3) is 0.263. The highest BCUT2D eigenvalue weighted by Gasteiger charge is 2.29. The Morgan fingerprint density at radius 3 is 2.43 bits per heavy atom. The number of rotatable bonds is 7. The summed E-state index contributed by atoms with van der Waals surface area (Å²) in [4.78, 5) is 0.0505. The minimum atomic E-state index is -3.97. The maximum Gasteiger partial charge on any atom is 0.264 e. The van der Waals surface area contributed by atoms with Gasteiger partial charge in [-0.3, -0.25) is 4.31 Å². The fourth-order valence-electron chi connectivity index (χ4n) is 2.79. The Labute approximate surface area is 169 Å². The highest BCUT2D eigenvalue weighted by Crippen LogP contribution is 2.41. The minimum Gasteiger partial charge on any atom is -0.495 e. The monoisotopic (exact) mass is 425 g/mol. The molecule has 1 aliphatic rings. The van der Waals surface area contributed by atoms with Crippen LogP contribution in [-0.4, -0.2) is 42.4 Å². The largest absolute Gasteiger partial charge is 0.495 e. The van der Waals surface area contributed by atoms with Crippen molar-refractivity contribution in [2.75, 3.05) is 38.3 Å². The van der Waals surface area contributed by atoms with Crippen molar-refractivity contribution in [2.45, 2.75) is 4.90 Å². The molecule has 7 nitrogen and oxygen atoms in total. The van der Waals surface area contributed by atoms with Gasteiger partial charge in [0.15, 0.2) is 11.5 Å². The zero-order chi connectivity index (χ0) is 20.3. The Kier molecular flexibility index (Phi) is 5.90. The second-order valence-corrected chi connectivity index (χ2v) is 8.06. The van der Waals surface area contributed by atoms with E-state index in [0.717, 1.165) is 0 Å². The van der Waals surface area contributed by atoms with Crippen LogP contribution >= 0.6 is 11.6 Å². The van der Waals surface area contributed by atoms with Crippen molar-refractivity contribution >= 4 is 27.3 Å². The van der Waals surface area contributed by atoms with Crippen LogP contribution in [0.1, 0.15) is 0 Å². The third kappa shape index (κ3) is 3.70. The lowest BCUT2D eigenvalue weighted by molar-refractivity contribution is 0.171. The summed E-state index contributed by atoms with van der Waals surface area (Å²) in [5.41, 5.74) is 0.276. The van der Waals surface area contributed by atoms with Gasteiger partial charge in [0, 0.05) is 18.2 Å². The first kappa shape index (κ1) is 20.2. The molecule has 0 aliphatic carbocycles. The molecule has 2 aromatic carbocycles. The van der Waals surface area contributed by atoms with Crippen molar-refractivity contribution in [3.8, 4) is 23.0 Å². The van der Waals surface area contributed by atoms with Gasteiger partial charge in [0.05, 0.1) is 36.4 Å². The number of fused-ring (bicyclic) bond motifs is 1. The van der Waals surface area contributed by atoms with Crippen molar-refractivity contribution < 1.29 is 27.4 Å². The molecule has 0 saturated carbocycles. The number of methoxy groups -OCH3 is 2. The molecule has 0 spiro atoms. The molecular weight excluding hydrogens is 406 g/mol. The van der Waals surface area contributed by atoms with E-state index in [1.54, 1.807) is 6.07 Å². The summed E-state index contributed by atoms with van der Waals surface area (Å²) >= 11 is 6.15. The van der Waals surface area contributed by atoms with E-state index in [2.05, 4.69) is 6.58 Å². The van der Waals surface area contributed by atoms with Crippen LogP contribution in [0.2, 0.25) is 5.02 Å². The normalized spacial score (nSPS) is 13.0. The van der Waals surface area contributed by atoms with Gasteiger partial charge >= 0.3 is 0 Å². The molecule has 0 amide bonds. The molecule has 150 valence electrons. The van der Waals surface area contributed by atoms with Crippen molar-refractivity contribution in [3.05, 3.63) is 48.0 Å². The van der Waals surface area contributed by atoms with Crippen LogP contribution in [0.5, 0.6) is 23.0 Å². The van der Waals surface area contributed by atoms with Gasteiger partial charge in [-0.25, -0.2) is 8.42 Å². The van der Waals surface area contributed by atoms with E-state index in [4.69, 9.17) is 30.5 Å². The molecule has 0 fully saturated rings. The van der Waals surface area contributed by atoms with Gasteiger partial charge in [0.1, 0.15) is 24.7 Å². The molecule has 0 radical (unpaired) electrons. The summed E-state index contributed by atoms with van der Waals surface area (Å²) in [6, 6.07) is 7.51. The number of halogens is 1. The van der Waals surface area contributed by atoms with Gasteiger partial charge in [-0.2, -0.15) is 0 Å². The van der Waals surface area contributed by atoms with Gasteiger partial charge in [0.2, 0.25) is 0 Å². The van der Waals surface area contributed by atoms with E-state index < -0.39 is 10.0 Å². The number of ether oxygens (including phenoxy) is 4. The van der Waals surface area contributed by atoms with E-state index in [1.807, 2.05) is 0 Å². The zero-order valence-electron chi connectivity index (χ0n) is 15.5. The van der Waals surface area contributed by atoms with Crippen LogP contribution in [0.15, 0.2) is 47.9 Å². The SMILES string of the molecule is C=CCN(c1cc(OC)c(Cl)cc1OC)S(=O)(=O)c1ccc2c(c1)OCCO2. The number of hydrogen-bond donors (Lipinski definition) is 0. The topological polar surface area (TPSA) is 74.3 Å².